The minimum atomic E-state index is 0.477. The smallest absolute Gasteiger partial charge is 0.133 e. The number of aromatic nitrogens is 2. The van der Waals surface area contributed by atoms with Gasteiger partial charge in [0.25, 0.3) is 0 Å². The van der Waals surface area contributed by atoms with Gasteiger partial charge in [-0.15, -0.1) is 11.3 Å². The molecule has 0 aliphatic carbocycles. The Morgan fingerprint density at radius 3 is 3.00 bits per heavy atom. The van der Waals surface area contributed by atoms with Crippen molar-refractivity contribution in [3.8, 4) is 10.4 Å². The van der Waals surface area contributed by atoms with Crippen LogP contribution in [0.15, 0.2) is 23.8 Å². The Labute approximate surface area is 121 Å². The van der Waals surface area contributed by atoms with Gasteiger partial charge in [0.15, 0.2) is 0 Å². The topological polar surface area (TPSA) is 62.3 Å². The Morgan fingerprint density at radius 2 is 2.30 bits per heavy atom. The number of nitrogens with zero attached hydrogens (tertiary/aromatic N) is 2. The summed E-state index contributed by atoms with van der Waals surface area (Å²) in [6.45, 7) is 9.20. The molecule has 6 heteroatoms. The van der Waals surface area contributed by atoms with Gasteiger partial charge < -0.3 is 10.1 Å². The average molecular weight is 288 g/mol. The number of hydrogen-bond acceptors (Lipinski definition) is 5. The molecule has 20 heavy (non-hydrogen) atoms. The van der Waals surface area contributed by atoms with Crippen molar-refractivity contribution in [2.45, 2.75) is 13.8 Å². The van der Waals surface area contributed by atoms with Gasteiger partial charge in [-0.05, 0) is 19.9 Å². The van der Waals surface area contributed by atoms with Gasteiger partial charge in [0.05, 0.1) is 22.5 Å². The van der Waals surface area contributed by atoms with E-state index in [9.17, 15) is 0 Å². The molecule has 1 aliphatic heterocycles. The van der Waals surface area contributed by atoms with Crippen molar-refractivity contribution < 1.29 is 4.74 Å². The molecule has 3 heterocycles. The van der Waals surface area contributed by atoms with Crippen LogP contribution in [-0.4, -0.2) is 29.2 Å². The molecule has 0 saturated carbocycles. The summed E-state index contributed by atoms with van der Waals surface area (Å²) in [4.78, 5) is 6.81. The molecule has 0 aromatic carbocycles. The SMILES string of the molecule is C=C1NC(COCC)=Nc2cc(-c3cn[nH]c3C)sc21. The number of nitrogens with one attached hydrogen (secondary N) is 2. The molecular formula is C14H16N4OS. The van der Waals surface area contributed by atoms with Gasteiger partial charge in [-0.1, -0.05) is 6.58 Å². The van der Waals surface area contributed by atoms with E-state index < -0.39 is 0 Å². The lowest BCUT2D eigenvalue weighted by Gasteiger charge is -2.16. The third-order valence-corrected chi connectivity index (χ3v) is 4.29. The zero-order chi connectivity index (χ0) is 14.1. The first-order chi connectivity index (χ1) is 9.69. The summed E-state index contributed by atoms with van der Waals surface area (Å²) in [6, 6.07) is 2.08. The van der Waals surface area contributed by atoms with Crippen LogP contribution in [0.3, 0.4) is 0 Å². The van der Waals surface area contributed by atoms with E-state index in [4.69, 9.17) is 4.74 Å². The number of hydrogen-bond donors (Lipinski definition) is 2. The average Bonchev–Trinajstić information content (AvgIpc) is 3.02. The first-order valence-electron chi connectivity index (χ1n) is 6.44. The van der Waals surface area contributed by atoms with Crippen molar-refractivity contribution in [3.05, 3.63) is 29.4 Å². The predicted molar refractivity (Wildman–Crippen MR) is 82.4 cm³/mol. The first kappa shape index (κ1) is 13.1. The predicted octanol–water partition coefficient (Wildman–Crippen LogP) is 3.09. The summed E-state index contributed by atoms with van der Waals surface area (Å²) in [5, 5.41) is 10.2. The number of amidine groups is 1. The van der Waals surface area contributed by atoms with Crippen LogP contribution in [0.1, 0.15) is 17.5 Å². The number of aromatic amines is 1. The van der Waals surface area contributed by atoms with Gasteiger partial charge in [0.2, 0.25) is 0 Å². The third kappa shape index (κ3) is 2.28. The summed E-state index contributed by atoms with van der Waals surface area (Å²) in [6.07, 6.45) is 1.84. The maximum atomic E-state index is 5.39. The summed E-state index contributed by atoms with van der Waals surface area (Å²) < 4.78 is 5.39. The molecule has 1 aliphatic rings. The second kappa shape index (κ2) is 5.22. The third-order valence-electron chi connectivity index (χ3n) is 3.08. The fraction of sp³-hybridized carbons (Fsp3) is 0.286. The second-order valence-electron chi connectivity index (χ2n) is 4.53. The Kier molecular flexibility index (Phi) is 3.42. The Morgan fingerprint density at radius 1 is 1.45 bits per heavy atom. The van der Waals surface area contributed by atoms with Crippen LogP contribution in [-0.2, 0) is 4.74 Å². The summed E-state index contributed by atoms with van der Waals surface area (Å²) >= 11 is 1.67. The molecule has 0 saturated heterocycles. The van der Waals surface area contributed by atoms with E-state index in [1.807, 2.05) is 20.0 Å². The number of ether oxygens (including phenoxy) is 1. The lowest BCUT2D eigenvalue weighted by Crippen LogP contribution is -2.28. The van der Waals surface area contributed by atoms with Gasteiger partial charge in [-0.25, -0.2) is 4.99 Å². The molecule has 0 fully saturated rings. The van der Waals surface area contributed by atoms with Gasteiger partial charge in [-0.3, -0.25) is 5.10 Å². The van der Waals surface area contributed by atoms with Gasteiger partial charge >= 0.3 is 0 Å². The number of aliphatic imine (C=N–C) groups is 1. The Hall–Kier alpha value is -1.92. The van der Waals surface area contributed by atoms with Crippen molar-refractivity contribution in [1.82, 2.24) is 15.5 Å². The fourth-order valence-electron chi connectivity index (χ4n) is 2.08. The highest BCUT2D eigenvalue weighted by atomic mass is 32.1. The first-order valence-corrected chi connectivity index (χ1v) is 7.26. The highest BCUT2D eigenvalue weighted by Crippen LogP contribution is 2.41. The largest absolute Gasteiger partial charge is 0.374 e. The van der Waals surface area contributed by atoms with E-state index >= 15 is 0 Å². The van der Waals surface area contributed by atoms with Crippen LogP contribution in [0, 0.1) is 6.92 Å². The molecule has 5 nitrogen and oxygen atoms in total. The fourth-order valence-corrected chi connectivity index (χ4v) is 3.17. The zero-order valence-electron chi connectivity index (χ0n) is 11.5. The number of thiophene rings is 1. The normalized spacial score (nSPS) is 13.9. The molecule has 2 N–H and O–H groups in total. The molecule has 0 radical (unpaired) electrons. The number of aryl methyl sites for hydroxylation is 1. The van der Waals surface area contributed by atoms with Crippen LogP contribution in [0.5, 0.6) is 0 Å². The van der Waals surface area contributed by atoms with Gasteiger partial charge in [-0.2, -0.15) is 5.10 Å². The molecule has 0 amide bonds. The second-order valence-corrected chi connectivity index (χ2v) is 5.59. The van der Waals surface area contributed by atoms with Crippen LogP contribution >= 0.6 is 11.3 Å². The van der Waals surface area contributed by atoms with Crippen LogP contribution in [0.25, 0.3) is 16.1 Å². The maximum Gasteiger partial charge on any atom is 0.133 e. The van der Waals surface area contributed by atoms with Crippen molar-refractivity contribution in [2.75, 3.05) is 13.2 Å². The van der Waals surface area contributed by atoms with Gasteiger partial charge in [0, 0.05) is 22.7 Å². The highest BCUT2D eigenvalue weighted by molar-refractivity contribution is 7.17. The molecule has 0 atom stereocenters. The van der Waals surface area contributed by atoms with E-state index in [0.29, 0.717) is 13.2 Å². The van der Waals surface area contributed by atoms with Gasteiger partial charge in [0.1, 0.15) is 12.4 Å². The van der Waals surface area contributed by atoms with Crippen molar-refractivity contribution in [3.63, 3.8) is 0 Å². The molecule has 104 valence electrons. The molecule has 2 aromatic rings. The van der Waals surface area contributed by atoms with Crippen molar-refractivity contribution in [1.29, 1.82) is 0 Å². The molecule has 0 unspecified atom stereocenters. The lowest BCUT2D eigenvalue weighted by atomic mass is 10.2. The lowest BCUT2D eigenvalue weighted by molar-refractivity contribution is 0.186. The van der Waals surface area contributed by atoms with E-state index in [1.54, 1.807) is 11.3 Å². The van der Waals surface area contributed by atoms with Crippen LogP contribution in [0.2, 0.25) is 0 Å². The Balaban J connectivity index is 1.96. The minimum Gasteiger partial charge on any atom is -0.374 e. The van der Waals surface area contributed by atoms with Crippen molar-refractivity contribution in [2.24, 2.45) is 4.99 Å². The van der Waals surface area contributed by atoms with Crippen LogP contribution in [0.4, 0.5) is 5.69 Å². The standard InChI is InChI=1S/C14H16N4OS/c1-4-19-7-13-16-9(3)14-11(17-13)5-12(20-14)10-6-15-18-8(10)2/h5-6H,3-4,7H2,1-2H3,(H,15,18)(H,16,17). The van der Waals surface area contributed by atoms with Crippen LogP contribution < -0.4 is 5.32 Å². The summed E-state index contributed by atoms with van der Waals surface area (Å²) in [5.41, 5.74) is 3.99. The molecule has 0 spiro atoms. The quantitative estimate of drug-likeness (QED) is 0.908. The van der Waals surface area contributed by atoms with E-state index in [0.717, 1.165) is 38.2 Å². The monoisotopic (exact) mass is 288 g/mol. The van der Waals surface area contributed by atoms with E-state index in [1.165, 1.54) is 0 Å². The molecular weight excluding hydrogens is 272 g/mol. The molecule has 3 rings (SSSR count). The summed E-state index contributed by atoms with van der Waals surface area (Å²) in [7, 11) is 0. The minimum absolute atomic E-state index is 0.477. The summed E-state index contributed by atoms with van der Waals surface area (Å²) in [5.74, 6) is 0.803. The van der Waals surface area contributed by atoms with E-state index in [-0.39, 0.29) is 0 Å². The van der Waals surface area contributed by atoms with Crippen molar-refractivity contribution >= 4 is 28.6 Å². The van der Waals surface area contributed by atoms with E-state index in [2.05, 4.69) is 33.2 Å². The number of rotatable bonds is 4. The number of H-pyrrole nitrogens is 1. The highest BCUT2D eigenvalue weighted by Gasteiger charge is 2.20. The molecule has 2 aromatic heterocycles. The maximum absolute atomic E-state index is 5.39. The Bertz CT molecular complexity index is 683. The molecule has 0 bridgehead atoms. The zero-order valence-corrected chi connectivity index (χ0v) is 12.3. The number of fused-ring (bicyclic) bond motifs is 1.